The number of halogens is 1. The van der Waals surface area contributed by atoms with Gasteiger partial charge in [-0.2, -0.15) is 0 Å². The second kappa shape index (κ2) is 6.98. The zero-order chi connectivity index (χ0) is 19.0. The van der Waals surface area contributed by atoms with Crippen molar-refractivity contribution in [3.63, 3.8) is 0 Å². The molecule has 136 valence electrons. The lowest BCUT2D eigenvalue weighted by Crippen LogP contribution is -2.31. The molecule has 4 rings (SSSR count). The fourth-order valence-corrected chi connectivity index (χ4v) is 3.91. The summed E-state index contributed by atoms with van der Waals surface area (Å²) in [7, 11) is 0. The van der Waals surface area contributed by atoms with Crippen LogP contribution in [0.1, 0.15) is 27.1 Å². The molecule has 1 amide bonds. The lowest BCUT2D eigenvalue weighted by Gasteiger charge is -2.26. The van der Waals surface area contributed by atoms with E-state index in [2.05, 4.69) is 10.3 Å². The van der Waals surface area contributed by atoms with Gasteiger partial charge in [-0.05, 0) is 35.7 Å². The number of anilines is 1. The first-order chi connectivity index (χ1) is 13.0. The third kappa shape index (κ3) is 3.24. The monoisotopic (exact) mass is 400 g/mol. The molecule has 1 aliphatic heterocycles. The number of nitrogens with one attached hydrogen (secondary N) is 1. The molecule has 0 radical (unpaired) electrons. The van der Waals surface area contributed by atoms with Crippen molar-refractivity contribution >= 4 is 40.2 Å². The van der Waals surface area contributed by atoms with E-state index >= 15 is 0 Å². The van der Waals surface area contributed by atoms with E-state index in [-0.39, 0.29) is 16.6 Å². The third-order valence-electron chi connectivity index (χ3n) is 4.25. The van der Waals surface area contributed by atoms with Gasteiger partial charge in [0.2, 0.25) is 0 Å². The number of pyridine rings is 1. The van der Waals surface area contributed by atoms with E-state index < -0.39 is 11.1 Å². The average Bonchev–Trinajstić information content (AvgIpc) is 3.26. The standard InChI is InChI=1S/C18H13ClN4O3S/c19-14-6-5-11(9-15(14)23(25)26)21-17-16-13(4-1-7-20-16)18(24)22(17)10-12-3-2-8-27-12/h1-9,17,21H,10H2/t17-/m0/s1. The van der Waals surface area contributed by atoms with Gasteiger partial charge in [-0.3, -0.25) is 19.9 Å². The molecule has 1 aromatic carbocycles. The van der Waals surface area contributed by atoms with Crippen LogP contribution in [0.15, 0.2) is 54.0 Å². The van der Waals surface area contributed by atoms with E-state index in [1.54, 1.807) is 40.6 Å². The minimum Gasteiger partial charge on any atom is -0.360 e. The van der Waals surface area contributed by atoms with Crippen LogP contribution in [0.2, 0.25) is 5.02 Å². The number of carbonyl (C=O) groups excluding carboxylic acids is 1. The molecule has 0 spiro atoms. The van der Waals surface area contributed by atoms with Crippen molar-refractivity contribution in [3.8, 4) is 0 Å². The van der Waals surface area contributed by atoms with Crippen molar-refractivity contribution in [2.24, 2.45) is 0 Å². The molecular formula is C18H13ClN4O3S. The van der Waals surface area contributed by atoms with Gasteiger partial charge in [0.25, 0.3) is 11.6 Å². The van der Waals surface area contributed by atoms with Crippen LogP contribution < -0.4 is 5.32 Å². The number of amides is 1. The summed E-state index contributed by atoms with van der Waals surface area (Å²) in [6.07, 6.45) is 1.09. The highest BCUT2D eigenvalue weighted by atomic mass is 35.5. The summed E-state index contributed by atoms with van der Waals surface area (Å²) < 4.78 is 0. The van der Waals surface area contributed by atoms with Crippen molar-refractivity contribution in [2.75, 3.05) is 5.32 Å². The maximum atomic E-state index is 12.9. The Kier molecular flexibility index (Phi) is 4.51. The Bertz CT molecular complexity index is 1030. The summed E-state index contributed by atoms with van der Waals surface area (Å²) in [6.45, 7) is 0.417. The minimum atomic E-state index is -0.539. The number of fused-ring (bicyclic) bond motifs is 1. The number of hydrogen-bond acceptors (Lipinski definition) is 6. The molecule has 7 nitrogen and oxygen atoms in total. The highest BCUT2D eigenvalue weighted by Crippen LogP contribution is 2.36. The zero-order valence-electron chi connectivity index (χ0n) is 13.8. The van der Waals surface area contributed by atoms with Gasteiger partial charge in [-0.1, -0.05) is 17.7 Å². The van der Waals surface area contributed by atoms with E-state index in [1.807, 2.05) is 17.5 Å². The fourth-order valence-electron chi connectivity index (χ4n) is 3.02. The predicted molar refractivity (Wildman–Crippen MR) is 103 cm³/mol. The maximum Gasteiger partial charge on any atom is 0.289 e. The van der Waals surface area contributed by atoms with Gasteiger partial charge in [0, 0.05) is 22.8 Å². The first-order valence-electron chi connectivity index (χ1n) is 8.03. The molecule has 1 N–H and O–H groups in total. The largest absolute Gasteiger partial charge is 0.360 e. The second-order valence-electron chi connectivity index (χ2n) is 5.92. The van der Waals surface area contributed by atoms with Crippen LogP contribution in [0.4, 0.5) is 11.4 Å². The van der Waals surface area contributed by atoms with Crippen LogP contribution in [0.25, 0.3) is 0 Å². The van der Waals surface area contributed by atoms with Crippen LogP contribution >= 0.6 is 22.9 Å². The Labute approximate surface area is 163 Å². The predicted octanol–water partition coefficient (Wildman–Crippen LogP) is 4.47. The van der Waals surface area contributed by atoms with E-state index in [0.717, 1.165) is 4.88 Å². The molecule has 1 atom stereocenters. The highest BCUT2D eigenvalue weighted by Gasteiger charge is 2.38. The molecular weight excluding hydrogens is 388 g/mol. The first-order valence-corrected chi connectivity index (χ1v) is 9.29. The average molecular weight is 401 g/mol. The molecule has 3 heterocycles. The van der Waals surface area contributed by atoms with Crippen LogP contribution in [-0.4, -0.2) is 20.7 Å². The highest BCUT2D eigenvalue weighted by molar-refractivity contribution is 7.09. The van der Waals surface area contributed by atoms with Gasteiger partial charge in [0.15, 0.2) is 0 Å². The molecule has 0 fully saturated rings. The molecule has 0 saturated carbocycles. The molecule has 2 aromatic heterocycles. The molecule has 27 heavy (non-hydrogen) atoms. The molecule has 0 aliphatic carbocycles. The van der Waals surface area contributed by atoms with Crippen molar-refractivity contribution in [1.29, 1.82) is 0 Å². The quantitative estimate of drug-likeness (QED) is 0.504. The van der Waals surface area contributed by atoms with Crippen molar-refractivity contribution < 1.29 is 9.72 Å². The summed E-state index contributed by atoms with van der Waals surface area (Å²) in [6, 6.07) is 11.8. The van der Waals surface area contributed by atoms with Crippen LogP contribution in [0.3, 0.4) is 0 Å². The molecule has 1 aliphatic rings. The van der Waals surface area contributed by atoms with Gasteiger partial charge in [0.1, 0.15) is 11.2 Å². The molecule has 0 unspecified atom stereocenters. The molecule has 9 heteroatoms. The normalized spacial score (nSPS) is 15.7. The van der Waals surface area contributed by atoms with E-state index in [4.69, 9.17) is 11.6 Å². The Morgan fingerprint density at radius 1 is 1.30 bits per heavy atom. The Balaban J connectivity index is 1.70. The summed E-state index contributed by atoms with van der Waals surface area (Å²) in [5.74, 6) is -0.132. The van der Waals surface area contributed by atoms with E-state index in [9.17, 15) is 14.9 Å². The fraction of sp³-hybridized carbons (Fsp3) is 0.111. The van der Waals surface area contributed by atoms with Crippen LogP contribution in [0, 0.1) is 10.1 Å². The number of nitro benzene ring substituents is 1. The van der Waals surface area contributed by atoms with Gasteiger partial charge >= 0.3 is 0 Å². The number of nitro groups is 1. The zero-order valence-corrected chi connectivity index (χ0v) is 15.4. The van der Waals surface area contributed by atoms with E-state index in [0.29, 0.717) is 23.5 Å². The Hall–Kier alpha value is -2.97. The Morgan fingerprint density at radius 3 is 2.89 bits per heavy atom. The third-order valence-corrected chi connectivity index (χ3v) is 5.43. The SMILES string of the molecule is O=C1c2cccnc2[C@@H](Nc2ccc(Cl)c([N+](=O)[O-])c2)N1Cc1cccs1. The molecule has 0 bridgehead atoms. The number of carbonyl (C=O) groups is 1. The molecule has 0 saturated heterocycles. The topological polar surface area (TPSA) is 88.4 Å². The van der Waals surface area contributed by atoms with Gasteiger partial charge in [-0.25, -0.2) is 0 Å². The smallest absolute Gasteiger partial charge is 0.289 e. The lowest BCUT2D eigenvalue weighted by atomic mass is 10.2. The summed E-state index contributed by atoms with van der Waals surface area (Å²) in [4.78, 5) is 30.6. The summed E-state index contributed by atoms with van der Waals surface area (Å²) in [5.41, 5.74) is 1.40. The van der Waals surface area contributed by atoms with E-state index in [1.165, 1.54) is 12.1 Å². The summed E-state index contributed by atoms with van der Waals surface area (Å²) in [5, 5.41) is 16.4. The number of nitrogens with zero attached hydrogens (tertiary/aromatic N) is 3. The molecule has 3 aromatic rings. The Morgan fingerprint density at radius 2 is 2.15 bits per heavy atom. The van der Waals surface area contributed by atoms with Crippen LogP contribution in [0.5, 0.6) is 0 Å². The lowest BCUT2D eigenvalue weighted by molar-refractivity contribution is -0.384. The van der Waals surface area contributed by atoms with Gasteiger partial charge < -0.3 is 10.2 Å². The number of rotatable bonds is 5. The maximum absolute atomic E-state index is 12.9. The number of aromatic nitrogens is 1. The number of benzene rings is 1. The first kappa shape index (κ1) is 17.4. The number of hydrogen-bond donors (Lipinski definition) is 1. The summed E-state index contributed by atoms with van der Waals surface area (Å²) >= 11 is 7.45. The van der Waals surface area contributed by atoms with Crippen molar-refractivity contribution in [3.05, 3.63) is 85.3 Å². The van der Waals surface area contributed by atoms with Gasteiger partial charge in [0.05, 0.1) is 22.7 Å². The number of thiophene rings is 1. The van der Waals surface area contributed by atoms with Crippen molar-refractivity contribution in [1.82, 2.24) is 9.88 Å². The van der Waals surface area contributed by atoms with Gasteiger partial charge in [-0.15, -0.1) is 11.3 Å². The van der Waals surface area contributed by atoms with Crippen molar-refractivity contribution in [2.45, 2.75) is 12.7 Å². The second-order valence-corrected chi connectivity index (χ2v) is 7.36. The minimum absolute atomic E-state index is 0.0574. The van der Waals surface area contributed by atoms with Crippen LogP contribution in [-0.2, 0) is 6.54 Å².